The van der Waals surface area contributed by atoms with E-state index in [0.29, 0.717) is 47.5 Å². The third-order valence-electron chi connectivity index (χ3n) is 9.36. The number of carbonyl (C=O) groups is 4. The maximum Gasteiger partial charge on any atom is 0.407 e. The van der Waals surface area contributed by atoms with Crippen LogP contribution in [0.2, 0.25) is 0 Å². The number of allylic oxidation sites excluding steroid dienone is 3. The Morgan fingerprint density at radius 1 is 1.04 bits per heavy atom. The second-order valence-electron chi connectivity index (χ2n) is 13.3. The van der Waals surface area contributed by atoms with Crippen LogP contribution in [0.1, 0.15) is 78.8 Å². The molecule has 1 unspecified atom stereocenters. The van der Waals surface area contributed by atoms with Crippen LogP contribution in [0.4, 0.5) is 4.79 Å². The number of ether oxygens (including phenoxy) is 3. The number of benzene rings is 1. The lowest BCUT2D eigenvalue weighted by Crippen LogP contribution is -2.36. The Balaban J connectivity index is 1.14. The molecule has 2 aromatic heterocycles. The number of carboxylic acids is 1. The summed E-state index contributed by atoms with van der Waals surface area (Å²) < 4.78 is 18.1. The van der Waals surface area contributed by atoms with Crippen molar-refractivity contribution in [2.45, 2.75) is 72.3 Å². The van der Waals surface area contributed by atoms with E-state index in [2.05, 4.69) is 20.6 Å². The molecule has 54 heavy (non-hydrogen) atoms. The summed E-state index contributed by atoms with van der Waals surface area (Å²) in [6.07, 6.45) is 5.36. The number of aromatic hydroxyl groups is 1. The lowest BCUT2D eigenvalue weighted by atomic mass is 9.91. The van der Waals surface area contributed by atoms with E-state index in [1.165, 1.54) is 18.7 Å². The smallest absolute Gasteiger partial charge is 0.407 e. The molecule has 17 heteroatoms. The normalized spacial score (nSPS) is 13.4. The quantitative estimate of drug-likeness (QED) is 0.0717. The lowest BCUT2D eigenvalue weighted by molar-refractivity contribution is -0.141. The van der Waals surface area contributed by atoms with Crippen LogP contribution < -0.4 is 26.6 Å². The van der Waals surface area contributed by atoms with Crippen molar-refractivity contribution in [1.29, 1.82) is 0 Å². The van der Waals surface area contributed by atoms with Crippen LogP contribution in [0.5, 0.6) is 11.5 Å². The number of carbonyl (C=O) groups excluding carboxylic acids is 3. The number of hydrogen-bond donors (Lipinski definition) is 5. The molecule has 0 bridgehead atoms. The lowest BCUT2D eigenvalue weighted by Gasteiger charge is -2.16. The Bertz CT molecular complexity index is 2110. The van der Waals surface area contributed by atoms with Crippen molar-refractivity contribution < 1.29 is 43.6 Å². The van der Waals surface area contributed by atoms with Crippen LogP contribution >= 0.6 is 0 Å². The highest BCUT2D eigenvalue weighted by atomic mass is 16.5. The zero-order chi connectivity index (χ0) is 39.7. The molecule has 1 atom stereocenters. The maximum absolute atomic E-state index is 12.3. The van der Waals surface area contributed by atoms with Crippen LogP contribution in [0, 0.1) is 12.8 Å². The Morgan fingerprint density at radius 2 is 1.72 bits per heavy atom. The van der Waals surface area contributed by atoms with Crippen LogP contribution in [0.15, 0.2) is 32.9 Å². The molecular formula is C37H48N6O11. The highest BCUT2D eigenvalue weighted by molar-refractivity contribution is 5.98. The number of rotatable bonds is 18. The molecule has 4 rings (SSSR count). The largest absolute Gasteiger partial charge is 0.507 e. The number of methoxy groups -OCH3 is 1. The highest BCUT2D eigenvalue weighted by Crippen LogP contribution is 2.42. The molecule has 1 aliphatic rings. The molecule has 17 nitrogen and oxygen atoms in total. The second-order valence-corrected chi connectivity index (χ2v) is 13.3. The zero-order valence-corrected chi connectivity index (χ0v) is 31.4. The first-order valence-corrected chi connectivity index (χ1v) is 17.6. The van der Waals surface area contributed by atoms with E-state index in [4.69, 9.17) is 14.2 Å². The number of nitrogens with zero attached hydrogens (tertiary/aromatic N) is 3. The number of imidazole rings is 1. The van der Waals surface area contributed by atoms with Crippen molar-refractivity contribution in [2.24, 2.45) is 20.0 Å². The molecule has 3 aromatic rings. The fraction of sp³-hybridized carbons (Fsp3) is 0.486. The molecule has 3 heterocycles. The van der Waals surface area contributed by atoms with Crippen LogP contribution in [-0.2, 0) is 52.6 Å². The molecule has 292 valence electrons. The fourth-order valence-electron chi connectivity index (χ4n) is 6.33. The Morgan fingerprint density at radius 3 is 2.41 bits per heavy atom. The van der Waals surface area contributed by atoms with E-state index in [-0.39, 0.29) is 80.4 Å². The molecule has 1 aliphatic heterocycles. The average Bonchev–Trinajstić information content (AvgIpc) is 3.75. The number of phenols is 1. The number of aliphatic carboxylic acids is 1. The number of esters is 1. The third-order valence-corrected chi connectivity index (χ3v) is 9.36. The number of fused-ring (bicyclic) bond motifs is 2. The molecule has 0 saturated carbocycles. The summed E-state index contributed by atoms with van der Waals surface area (Å²) in [6.45, 7) is 5.68. The molecular weight excluding hydrogens is 704 g/mol. The van der Waals surface area contributed by atoms with Gasteiger partial charge in [-0.15, -0.1) is 0 Å². The number of aryl methyl sites for hydroxylation is 2. The molecule has 0 aliphatic carbocycles. The van der Waals surface area contributed by atoms with E-state index >= 15 is 0 Å². The molecule has 0 fully saturated rings. The van der Waals surface area contributed by atoms with Crippen molar-refractivity contribution in [3.05, 3.63) is 72.2 Å². The number of alkyl carbamates (subject to hydrolysis) is 1. The summed E-state index contributed by atoms with van der Waals surface area (Å²) >= 11 is 0. The van der Waals surface area contributed by atoms with E-state index < -0.39 is 35.2 Å². The number of cyclic esters (lactones) is 1. The number of amides is 2. The van der Waals surface area contributed by atoms with Gasteiger partial charge in [0.05, 0.1) is 13.0 Å². The number of carboxylic acid groups (broad SMARTS) is 1. The zero-order valence-electron chi connectivity index (χ0n) is 31.4. The van der Waals surface area contributed by atoms with Crippen molar-refractivity contribution in [1.82, 2.24) is 29.7 Å². The predicted octanol–water partition coefficient (Wildman–Crippen LogP) is 2.82. The third kappa shape index (κ3) is 9.76. The van der Waals surface area contributed by atoms with Gasteiger partial charge in [-0.3, -0.25) is 23.5 Å². The molecule has 5 N–H and O–H groups in total. The second kappa shape index (κ2) is 18.3. The average molecular weight is 753 g/mol. The van der Waals surface area contributed by atoms with Crippen molar-refractivity contribution in [2.75, 3.05) is 26.8 Å². The van der Waals surface area contributed by atoms with Gasteiger partial charge in [0, 0.05) is 51.2 Å². The van der Waals surface area contributed by atoms with Crippen molar-refractivity contribution in [3.63, 3.8) is 0 Å². The van der Waals surface area contributed by atoms with Gasteiger partial charge in [-0.2, -0.15) is 0 Å². The minimum atomic E-state index is -0.985. The van der Waals surface area contributed by atoms with Gasteiger partial charge in [0.1, 0.15) is 41.6 Å². The van der Waals surface area contributed by atoms with Crippen LogP contribution in [-0.4, -0.2) is 80.1 Å². The summed E-state index contributed by atoms with van der Waals surface area (Å²) in [5.41, 5.74) is 2.98. The van der Waals surface area contributed by atoms with E-state index in [0.717, 1.165) is 15.7 Å². The molecule has 0 spiro atoms. The molecule has 2 amide bonds. The van der Waals surface area contributed by atoms with E-state index in [9.17, 15) is 39.0 Å². The Kier molecular flexibility index (Phi) is 13.8. The number of aromatic nitrogens is 4. The predicted molar refractivity (Wildman–Crippen MR) is 197 cm³/mol. The number of H-pyrrole nitrogens is 1. The summed E-state index contributed by atoms with van der Waals surface area (Å²) in [5.74, 6) is -1.71. The van der Waals surface area contributed by atoms with Crippen molar-refractivity contribution in [3.8, 4) is 11.5 Å². The summed E-state index contributed by atoms with van der Waals surface area (Å²) in [7, 11) is 4.43. The summed E-state index contributed by atoms with van der Waals surface area (Å²) in [6, 6.07) is 0. The van der Waals surface area contributed by atoms with Crippen LogP contribution in [0.3, 0.4) is 0 Å². The Hall–Kier alpha value is -5.87. The first-order valence-electron chi connectivity index (χ1n) is 17.6. The number of hydrogen-bond acceptors (Lipinski definition) is 11. The SMILES string of the molecule is COc1c(C)c2c(c(O)c1C/C=C(\C)CC(C/C(C)=C/COC(=O)NCCNC(=O)CCCCc1nc3c([nH]1)c(=O)n(C)c(=O)n3C)C(=O)O)C(=O)OC2. The maximum atomic E-state index is 12.3. The monoisotopic (exact) mass is 752 g/mol. The van der Waals surface area contributed by atoms with E-state index in [1.807, 2.05) is 0 Å². The number of aromatic amines is 1. The van der Waals surface area contributed by atoms with E-state index in [1.54, 1.807) is 40.0 Å². The summed E-state index contributed by atoms with van der Waals surface area (Å²) in [4.78, 5) is 80.3. The van der Waals surface area contributed by atoms with Gasteiger partial charge >= 0.3 is 23.7 Å². The molecule has 0 saturated heterocycles. The Labute approximate surface area is 311 Å². The highest BCUT2D eigenvalue weighted by Gasteiger charge is 2.32. The number of unbranched alkanes of at least 4 members (excludes halogenated alkanes) is 1. The van der Waals surface area contributed by atoms with Crippen LogP contribution in [0.25, 0.3) is 11.2 Å². The van der Waals surface area contributed by atoms with Gasteiger partial charge in [-0.1, -0.05) is 17.2 Å². The molecule has 1 aromatic carbocycles. The summed E-state index contributed by atoms with van der Waals surface area (Å²) in [5, 5.41) is 26.0. The van der Waals surface area contributed by atoms with Gasteiger partial charge in [-0.25, -0.2) is 19.4 Å². The van der Waals surface area contributed by atoms with Gasteiger partial charge in [-0.05, 0) is 64.5 Å². The van der Waals surface area contributed by atoms with Gasteiger partial charge < -0.3 is 40.0 Å². The van der Waals surface area contributed by atoms with Gasteiger partial charge in [0.2, 0.25) is 5.91 Å². The standard InChI is InChI=1S/C37H48N6O11/c1-20(11-12-24-30(45)28-25(19-54-35(28)49)22(3)31(24)52-6)17-23(34(47)48)18-21(2)13-16-53-36(50)39-15-14-38-27(44)10-8-7-9-26-40-29-32(41-26)42(4)37(51)43(5)33(29)46/h11,13,23,45H,7-10,12,14-19H2,1-6H3,(H,38,44)(H,39,50)(H,40,41)(H,47,48)/b20-11+,21-13+. The van der Waals surface area contributed by atoms with Gasteiger partial charge in [0.15, 0.2) is 5.65 Å². The minimum Gasteiger partial charge on any atom is -0.507 e. The molecule has 0 radical (unpaired) electrons. The van der Waals surface area contributed by atoms with Crippen molar-refractivity contribution >= 4 is 35.1 Å². The minimum absolute atomic E-state index is 0.0664. The first-order chi connectivity index (χ1) is 25.6. The fourth-order valence-corrected chi connectivity index (χ4v) is 6.33. The topological polar surface area (TPSA) is 233 Å². The number of phenolic OH excluding ortho intramolecular Hbond substituents is 1. The van der Waals surface area contributed by atoms with Gasteiger partial charge in [0.25, 0.3) is 5.56 Å². The number of nitrogens with one attached hydrogen (secondary N) is 3. The first kappa shape index (κ1) is 40.9.